The summed E-state index contributed by atoms with van der Waals surface area (Å²) in [5, 5.41) is 11.2. The van der Waals surface area contributed by atoms with E-state index in [2.05, 4.69) is 10.3 Å². The van der Waals surface area contributed by atoms with Crippen LogP contribution in [0, 0.1) is 0 Å². The minimum absolute atomic E-state index is 0.00905. The average Bonchev–Trinajstić information content (AvgIpc) is 3.04. The van der Waals surface area contributed by atoms with Crippen molar-refractivity contribution in [2.45, 2.75) is 13.0 Å². The third-order valence-corrected chi connectivity index (χ3v) is 3.30. The predicted octanol–water partition coefficient (Wildman–Crippen LogP) is 1.32. The number of hydrogen-bond donors (Lipinski definition) is 2. The Morgan fingerprint density at radius 2 is 2.00 bits per heavy atom. The molecule has 120 valence electrons. The van der Waals surface area contributed by atoms with Crippen LogP contribution < -0.4 is 14.8 Å². The molecule has 1 unspecified atom stereocenters. The molecule has 1 aliphatic heterocycles. The number of nitrogens with one attached hydrogen (secondary N) is 1. The number of carbonyl (C=O) groups is 2. The highest BCUT2D eigenvalue weighted by Crippen LogP contribution is 2.35. The summed E-state index contributed by atoms with van der Waals surface area (Å²) in [4.78, 5) is 26.9. The van der Waals surface area contributed by atoms with Crippen LogP contribution in [0.2, 0.25) is 0 Å². The lowest BCUT2D eigenvalue weighted by Gasteiger charge is -2.18. The normalized spacial score (nSPS) is 14.1. The van der Waals surface area contributed by atoms with Gasteiger partial charge in [0.25, 0.3) is 5.91 Å². The molecular weight excluding hydrogens is 304 g/mol. The Labute approximate surface area is 131 Å². The second kappa shape index (κ2) is 5.99. The molecule has 8 heteroatoms. The van der Waals surface area contributed by atoms with E-state index in [4.69, 9.17) is 19.0 Å². The Morgan fingerprint density at radius 1 is 1.26 bits per heavy atom. The van der Waals surface area contributed by atoms with Crippen molar-refractivity contribution in [3.63, 3.8) is 0 Å². The van der Waals surface area contributed by atoms with Gasteiger partial charge in [0.1, 0.15) is 19.3 Å². The van der Waals surface area contributed by atoms with Gasteiger partial charge in [0.05, 0.1) is 0 Å². The van der Waals surface area contributed by atoms with Gasteiger partial charge in [-0.05, 0) is 25.1 Å². The van der Waals surface area contributed by atoms with E-state index < -0.39 is 17.9 Å². The van der Waals surface area contributed by atoms with E-state index in [1.165, 1.54) is 6.92 Å². The van der Waals surface area contributed by atoms with Crippen molar-refractivity contribution < 1.29 is 28.6 Å². The molecule has 0 saturated heterocycles. The van der Waals surface area contributed by atoms with E-state index in [-0.39, 0.29) is 11.5 Å². The SMILES string of the molecule is CC(NC(=O)c1ncoc1-c1ccc2c(c1)OCCO2)C(=O)O. The Bertz CT molecular complexity index is 754. The maximum atomic E-state index is 12.2. The van der Waals surface area contributed by atoms with Gasteiger partial charge in [0, 0.05) is 5.56 Å². The number of ether oxygens (including phenoxy) is 2. The lowest BCUT2D eigenvalue weighted by atomic mass is 10.1. The molecule has 0 bridgehead atoms. The molecule has 0 radical (unpaired) electrons. The lowest BCUT2D eigenvalue weighted by molar-refractivity contribution is -0.138. The average molecular weight is 318 g/mol. The van der Waals surface area contributed by atoms with Crippen molar-refractivity contribution in [1.29, 1.82) is 0 Å². The van der Waals surface area contributed by atoms with Gasteiger partial charge in [-0.25, -0.2) is 4.98 Å². The highest BCUT2D eigenvalue weighted by atomic mass is 16.6. The first-order valence-electron chi connectivity index (χ1n) is 6.93. The van der Waals surface area contributed by atoms with E-state index >= 15 is 0 Å². The summed E-state index contributed by atoms with van der Waals surface area (Å²) in [6, 6.07) is 4.08. The van der Waals surface area contributed by atoms with Crippen LogP contribution in [0.1, 0.15) is 17.4 Å². The summed E-state index contributed by atoms with van der Waals surface area (Å²) in [5.74, 6) is -0.362. The third-order valence-electron chi connectivity index (χ3n) is 3.30. The van der Waals surface area contributed by atoms with Crippen LogP contribution >= 0.6 is 0 Å². The minimum Gasteiger partial charge on any atom is -0.486 e. The fourth-order valence-corrected chi connectivity index (χ4v) is 2.12. The van der Waals surface area contributed by atoms with Gasteiger partial charge in [0.2, 0.25) is 0 Å². The van der Waals surface area contributed by atoms with E-state index in [1.807, 2.05) is 0 Å². The molecular formula is C15H14N2O6. The van der Waals surface area contributed by atoms with Crippen LogP contribution in [-0.2, 0) is 4.79 Å². The zero-order valence-electron chi connectivity index (χ0n) is 12.2. The molecule has 23 heavy (non-hydrogen) atoms. The molecule has 0 saturated carbocycles. The van der Waals surface area contributed by atoms with Gasteiger partial charge in [0.15, 0.2) is 29.3 Å². The third kappa shape index (κ3) is 2.96. The number of rotatable bonds is 4. The molecule has 1 atom stereocenters. The number of carboxylic acid groups (broad SMARTS) is 1. The van der Waals surface area contributed by atoms with Crippen molar-refractivity contribution in [3.8, 4) is 22.8 Å². The maximum Gasteiger partial charge on any atom is 0.325 e. The molecule has 2 heterocycles. The Hall–Kier alpha value is -3.03. The van der Waals surface area contributed by atoms with Crippen LogP contribution in [0.4, 0.5) is 0 Å². The van der Waals surface area contributed by atoms with Crippen molar-refractivity contribution in [2.75, 3.05) is 13.2 Å². The monoisotopic (exact) mass is 318 g/mol. The van der Waals surface area contributed by atoms with Crippen LogP contribution in [-0.4, -0.2) is 41.2 Å². The molecule has 1 aromatic carbocycles. The quantitative estimate of drug-likeness (QED) is 0.874. The molecule has 1 aliphatic rings. The number of oxazole rings is 1. The molecule has 0 aliphatic carbocycles. The molecule has 3 rings (SSSR count). The largest absolute Gasteiger partial charge is 0.486 e. The van der Waals surface area contributed by atoms with Gasteiger partial charge in [-0.2, -0.15) is 0 Å². The molecule has 2 N–H and O–H groups in total. The summed E-state index contributed by atoms with van der Waals surface area (Å²) in [6.07, 6.45) is 1.13. The zero-order chi connectivity index (χ0) is 16.4. The van der Waals surface area contributed by atoms with Crippen LogP contribution in [0.5, 0.6) is 11.5 Å². The summed E-state index contributed by atoms with van der Waals surface area (Å²) < 4.78 is 16.2. The fourth-order valence-electron chi connectivity index (χ4n) is 2.12. The van der Waals surface area contributed by atoms with E-state index in [9.17, 15) is 9.59 Å². The Kier molecular flexibility index (Phi) is 3.88. The summed E-state index contributed by atoms with van der Waals surface area (Å²) in [5.41, 5.74) is 0.592. The molecule has 0 spiro atoms. The zero-order valence-corrected chi connectivity index (χ0v) is 12.2. The molecule has 1 amide bonds. The van der Waals surface area contributed by atoms with Crippen molar-refractivity contribution in [2.24, 2.45) is 0 Å². The number of nitrogens with zero attached hydrogens (tertiary/aromatic N) is 1. The Balaban J connectivity index is 1.89. The van der Waals surface area contributed by atoms with E-state index in [0.717, 1.165) is 6.39 Å². The van der Waals surface area contributed by atoms with Crippen molar-refractivity contribution in [3.05, 3.63) is 30.3 Å². The first-order valence-corrected chi connectivity index (χ1v) is 6.93. The van der Waals surface area contributed by atoms with Gasteiger partial charge in [-0.3, -0.25) is 9.59 Å². The molecule has 0 fully saturated rings. The Morgan fingerprint density at radius 3 is 2.74 bits per heavy atom. The first-order chi connectivity index (χ1) is 11.1. The number of carbonyl (C=O) groups excluding carboxylic acids is 1. The number of benzene rings is 1. The number of hydrogen-bond acceptors (Lipinski definition) is 6. The predicted molar refractivity (Wildman–Crippen MR) is 77.5 cm³/mol. The number of amides is 1. The lowest BCUT2D eigenvalue weighted by Crippen LogP contribution is -2.38. The maximum absolute atomic E-state index is 12.2. The summed E-state index contributed by atoms with van der Waals surface area (Å²) in [6.45, 7) is 2.29. The minimum atomic E-state index is -1.14. The van der Waals surface area contributed by atoms with Gasteiger partial charge in [-0.15, -0.1) is 0 Å². The first kappa shape index (κ1) is 14.9. The number of aromatic nitrogens is 1. The number of fused-ring (bicyclic) bond motifs is 1. The van der Waals surface area contributed by atoms with Gasteiger partial charge >= 0.3 is 5.97 Å². The number of aliphatic carboxylic acids is 1. The second-order valence-corrected chi connectivity index (χ2v) is 4.92. The van der Waals surface area contributed by atoms with Crippen molar-refractivity contribution >= 4 is 11.9 Å². The second-order valence-electron chi connectivity index (χ2n) is 4.92. The summed E-state index contributed by atoms with van der Waals surface area (Å²) in [7, 11) is 0. The van der Waals surface area contributed by atoms with Crippen LogP contribution in [0.3, 0.4) is 0 Å². The highest BCUT2D eigenvalue weighted by Gasteiger charge is 2.23. The van der Waals surface area contributed by atoms with Crippen LogP contribution in [0.25, 0.3) is 11.3 Å². The van der Waals surface area contributed by atoms with E-state index in [1.54, 1.807) is 18.2 Å². The molecule has 1 aromatic heterocycles. The molecule has 2 aromatic rings. The topological polar surface area (TPSA) is 111 Å². The van der Waals surface area contributed by atoms with Gasteiger partial charge < -0.3 is 24.3 Å². The standard InChI is InChI=1S/C15H14N2O6/c1-8(15(19)20)17-14(18)12-13(23-7-16-12)9-2-3-10-11(6-9)22-5-4-21-10/h2-3,6-8H,4-5H2,1H3,(H,17,18)(H,19,20). The van der Waals surface area contributed by atoms with Gasteiger partial charge in [-0.1, -0.05) is 0 Å². The van der Waals surface area contributed by atoms with Crippen LogP contribution in [0.15, 0.2) is 29.0 Å². The smallest absolute Gasteiger partial charge is 0.325 e. The molecule has 8 nitrogen and oxygen atoms in total. The van der Waals surface area contributed by atoms with Crippen molar-refractivity contribution in [1.82, 2.24) is 10.3 Å². The highest BCUT2D eigenvalue weighted by molar-refractivity contribution is 5.99. The number of carboxylic acids is 1. The fraction of sp³-hybridized carbons (Fsp3) is 0.267. The van der Waals surface area contributed by atoms with E-state index in [0.29, 0.717) is 30.3 Å². The summed E-state index contributed by atoms with van der Waals surface area (Å²) >= 11 is 0.